The Labute approximate surface area is 209 Å². The Hall–Kier alpha value is -2.51. The van der Waals surface area contributed by atoms with E-state index in [1.807, 2.05) is 72.8 Å². The van der Waals surface area contributed by atoms with Crippen LogP contribution in [0.4, 0.5) is 0 Å². The summed E-state index contributed by atoms with van der Waals surface area (Å²) in [5.41, 5.74) is 7.41. The van der Waals surface area contributed by atoms with Crippen molar-refractivity contribution < 1.29 is 19.7 Å². The lowest BCUT2D eigenvalue weighted by atomic mass is 9.89. The van der Waals surface area contributed by atoms with E-state index in [0.29, 0.717) is 30.9 Å². The molecule has 3 aromatic carbocycles. The van der Waals surface area contributed by atoms with Gasteiger partial charge in [-0.25, -0.2) is 0 Å². The Balaban J connectivity index is 1.54. The molecule has 7 heteroatoms. The number of halogens is 1. The molecular formula is C27H30ClNO4S. The van der Waals surface area contributed by atoms with Crippen molar-refractivity contribution >= 4 is 29.3 Å². The van der Waals surface area contributed by atoms with Crippen LogP contribution in [0.5, 0.6) is 5.75 Å². The van der Waals surface area contributed by atoms with Gasteiger partial charge in [-0.05, 0) is 67.1 Å². The highest BCUT2D eigenvalue weighted by Crippen LogP contribution is 2.33. The Kier molecular flexibility index (Phi) is 9.84. The normalized spacial score (nSPS) is 12.8. The first kappa shape index (κ1) is 26.1. The lowest BCUT2D eigenvalue weighted by Crippen LogP contribution is -2.44. The van der Waals surface area contributed by atoms with Crippen molar-refractivity contribution in [2.75, 3.05) is 6.61 Å². The minimum atomic E-state index is -0.910. The van der Waals surface area contributed by atoms with E-state index < -0.39 is 11.5 Å². The van der Waals surface area contributed by atoms with Crippen LogP contribution in [0, 0.1) is 0 Å². The van der Waals surface area contributed by atoms with Crippen LogP contribution in [0.1, 0.15) is 36.8 Å². The maximum atomic E-state index is 10.8. The van der Waals surface area contributed by atoms with Crippen molar-refractivity contribution in [3.05, 3.63) is 88.9 Å². The van der Waals surface area contributed by atoms with Gasteiger partial charge in [0, 0.05) is 26.8 Å². The van der Waals surface area contributed by atoms with E-state index in [4.69, 9.17) is 27.2 Å². The summed E-state index contributed by atoms with van der Waals surface area (Å²) in [7, 11) is 0. The van der Waals surface area contributed by atoms with Gasteiger partial charge < -0.3 is 20.7 Å². The SMILES string of the molecule is NC(CO)(CCCc1ccc(Sc2cccc(OCc3ccccc3)c2)cc1Cl)CCC(=O)O. The summed E-state index contributed by atoms with van der Waals surface area (Å²) in [4.78, 5) is 12.9. The van der Waals surface area contributed by atoms with Crippen molar-refractivity contribution in [1.82, 2.24) is 0 Å². The van der Waals surface area contributed by atoms with Crippen molar-refractivity contribution in [3.63, 3.8) is 0 Å². The number of ether oxygens (including phenoxy) is 1. The third-order valence-corrected chi connectivity index (χ3v) is 6.92. The number of hydrogen-bond donors (Lipinski definition) is 3. The third kappa shape index (κ3) is 8.37. The number of carboxylic acids is 1. The monoisotopic (exact) mass is 499 g/mol. The topological polar surface area (TPSA) is 92.8 Å². The van der Waals surface area contributed by atoms with E-state index in [2.05, 4.69) is 0 Å². The molecule has 0 saturated carbocycles. The molecule has 0 saturated heterocycles. The minimum absolute atomic E-state index is 0.0533. The van der Waals surface area contributed by atoms with Crippen LogP contribution in [-0.2, 0) is 17.8 Å². The number of carbonyl (C=O) groups is 1. The maximum Gasteiger partial charge on any atom is 0.303 e. The fourth-order valence-corrected chi connectivity index (χ4v) is 4.82. The van der Waals surface area contributed by atoms with Crippen LogP contribution in [0.2, 0.25) is 5.02 Å². The van der Waals surface area contributed by atoms with Gasteiger partial charge in [0.2, 0.25) is 0 Å². The molecule has 1 unspecified atom stereocenters. The minimum Gasteiger partial charge on any atom is -0.489 e. The molecule has 34 heavy (non-hydrogen) atoms. The molecule has 0 spiro atoms. The number of aliphatic carboxylic acids is 1. The summed E-state index contributed by atoms with van der Waals surface area (Å²) in [5, 5.41) is 19.1. The standard InChI is InChI=1S/C27H30ClNO4S/c28-25-17-24(12-11-21(25)8-5-14-27(29,19-30)15-13-26(31)32)34-23-10-4-9-22(16-23)33-18-20-6-2-1-3-7-20/h1-4,6-7,9-12,16-17,30H,5,8,13-15,18-19,29H2,(H,31,32). The highest BCUT2D eigenvalue weighted by molar-refractivity contribution is 7.99. The number of nitrogens with two attached hydrogens (primary N) is 1. The molecule has 0 fully saturated rings. The molecule has 1 atom stereocenters. The van der Waals surface area contributed by atoms with Crippen LogP contribution in [0.15, 0.2) is 82.6 Å². The molecule has 4 N–H and O–H groups in total. The molecule has 3 rings (SSSR count). The largest absolute Gasteiger partial charge is 0.489 e. The van der Waals surface area contributed by atoms with Gasteiger partial charge >= 0.3 is 5.97 Å². The summed E-state index contributed by atoms with van der Waals surface area (Å²) in [6.45, 7) is 0.282. The second-order valence-corrected chi connectivity index (χ2v) is 9.93. The fourth-order valence-electron chi connectivity index (χ4n) is 3.57. The Morgan fingerprint density at radius 3 is 2.47 bits per heavy atom. The lowest BCUT2D eigenvalue weighted by Gasteiger charge is -2.26. The molecular weight excluding hydrogens is 470 g/mol. The van der Waals surface area contributed by atoms with Gasteiger partial charge in [-0.2, -0.15) is 0 Å². The molecule has 0 aliphatic carbocycles. The van der Waals surface area contributed by atoms with E-state index in [0.717, 1.165) is 26.7 Å². The molecule has 0 amide bonds. The molecule has 0 aliphatic heterocycles. The van der Waals surface area contributed by atoms with Gasteiger partial charge in [-0.1, -0.05) is 65.8 Å². The molecule has 0 bridgehead atoms. The number of aliphatic hydroxyl groups excluding tert-OH is 1. The van der Waals surface area contributed by atoms with Crippen molar-refractivity contribution in [1.29, 1.82) is 0 Å². The molecule has 0 aromatic heterocycles. The predicted octanol–water partition coefficient (Wildman–Crippen LogP) is 5.95. The highest BCUT2D eigenvalue weighted by Gasteiger charge is 2.24. The zero-order valence-electron chi connectivity index (χ0n) is 19.0. The van der Waals surface area contributed by atoms with Crippen molar-refractivity contribution in [2.24, 2.45) is 5.73 Å². The number of benzene rings is 3. The van der Waals surface area contributed by atoms with Gasteiger partial charge in [0.25, 0.3) is 0 Å². The summed E-state index contributed by atoms with van der Waals surface area (Å²) >= 11 is 8.15. The zero-order valence-corrected chi connectivity index (χ0v) is 20.5. The lowest BCUT2D eigenvalue weighted by molar-refractivity contribution is -0.137. The molecule has 0 aliphatic rings. The zero-order chi connectivity index (χ0) is 24.4. The highest BCUT2D eigenvalue weighted by atomic mass is 35.5. The van der Waals surface area contributed by atoms with E-state index in [9.17, 15) is 9.90 Å². The molecule has 5 nitrogen and oxygen atoms in total. The smallest absolute Gasteiger partial charge is 0.303 e. The average molecular weight is 500 g/mol. The molecule has 0 heterocycles. The van der Waals surface area contributed by atoms with Crippen molar-refractivity contribution in [3.8, 4) is 5.75 Å². The summed E-state index contributed by atoms with van der Waals surface area (Å²) in [5.74, 6) is -0.0960. The van der Waals surface area contributed by atoms with Crippen molar-refractivity contribution in [2.45, 2.75) is 54.0 Å². The Morgan fingerprint density at radius 2 is 1.76 bits per heavy atom. The molecule has 0 radical (unpaired) electrons. The maximum absolute atomic E-state index is 10.8. The van der Waals surface area contributed by atoms with E-state index >= 15 is 0 Å². The van der Waals surface area contributed by atoms with Gasteiger partial charge in [0.15, 0.2) is 0 Å². The van der Waals surface area contributed by atoms with Crippen LogP contribution in [0.3, 0.4) is 0 Å². The first-order valence-electron chi connectivity index (χ1n) is 11.2. The van der Waals surface area contributed by atoms with E-state index in [-0.39, 0.29) is 19.4 Å². The summed E-state index contributed by atoms with van der Waals surface area (Å²) in [6.07, 6.45) is 2.14. The van der Waals surface area contributed by atoms with E-state index in [1.165, 1.54) is 0 Å². The van der Waals surface area contributed by atoms with Crippen LogP contribution < -0.4 is 10.5 Å². The number of carboxylic acid groups (broad SMARTS) is 1. The Bertz CT molecular complexity index is 1080. The fraction of sp³-hybridized carbons (Fsp3) is 0.296. The van der Waals surface area contributed by atoms with Crippen LogP contribution in [0.25, 0.3) is 0 Å². The predicted molar refractivity (Wildman–Crippen MR) is 137 cm³/mol. The van der Waals surface area contributed by atoms with Crippen LogP contribution in [-0.4, -0.2) is 28.3 Å². The van der Waals surface area contributed by atoms with E-state index in [1.54, 1.807) is 11.8 Å². The Morgan fingerprint density at radius 1 is 1.00 bits per heavy atom. The quantitative estimate of drug-likeness (QED) is 0.269. The van der Waals surface area contributed by atoms with Gasteiger partial charge in [-0.15, -0.1) is 0 Å². The number of aryl methyl sites for hydroxylation is 1. The second kappa shape index (κ2) is 12.8. The number of hydrogen-bond acceptors (Lipinski definition) is 5. The number of rotatable bonds is 13. The summed E-state index contributed by atoms with van der Waals surface area (Å²) in [6, 6.07) is 24.0. The van der Waals surface area contributed by atoms with Gasteiger partial charge in [-0.3, -0.25) is 4.79 Å². The van der Waals surface area contributed by atoms with Crippen LogP contribution >= 0.6 is 23.4 Å². The third-order valence-electron chi connectivity index (χ3n) is 5.59. The molecule has 3 aromatic rings. The van der Waals surface area contributed by atoms with Gasteiger partial charge in [0.1, 0.15) is 12.4 Å². The molecule has 180 valence electrons. The first-order chi connectivity index (χ1) is 16.4. The summed E-state index contributed by atoms with van der Waals surface area (Å²) < 4.78 is 5.92. The first-order valence-corrected chi connectivity index (χ1v) is 12.4. The van der Waals surface area contributed by atoms with Gasteiger partial charge in [0.05, 0.1) is 6.61 Å². The second-order valence-electron chi connectivity index (χ2n) is 8.37. The number of aliphatic hydroxyl groups is 1. The average Bonchev–Trinajstić information content (AvgIpc) is 2.84.